The summed E-state index contributed by atoms with van der Waals surface area (Å²) in [5.41, 5.74) is -0.418. The number of rotatable bonds is 0. The number of nitrogens with zero attached hydrogens (tertiary/aromatic N) is 1. The van der Waals surface area contributed by atoms with Gasteiger partial charge in [0.1, 0.15) is 17.3 Å². The van der Waals surface area contributed by atoms with E-state index < -0.39 is 17.4 Å². The van der Waals surface area contributed by atoms with Crippen LogP contribution in [0.2, 0.25) is 0 Å². The molecule has 1 aromatic carbocycles. The van der Waals surface area contributed by atoms with Gasteiger partial charge in [0, 0.05) is 12.6 Å². The Hall–Kier alpha value is -1.58. The zero-order valence-electron chi connectivity index (χ0n) is 6.55. The van der Waals surface area contributed by atoms with Crippen molar-refractivity contribution in [2.75, 3.05) is 0 Å². The summed E-state index contributed by atoms with van der Waals surface area (Å²) in [5, 5.41) is 0. The summed E-state index contributed by atoms with van der Waals surface area (Å²) >= 11 is 0. The van der Waals surface area contributed by atoms with Gasteiger partial charge in [-0.2, -0.15) is 0 Å². The van der Waals surface area contributed by atoms with E-state index >= 15 is 0 Å². The van der Waals surface area contributed by atoms with Crippen molar-refractivity contribution in [1.82, 2.24) is 0 Å². The second-order valence-electron chi connectivity index (χ2n) is 2.69. The van der Waals surface area contributed by atoms with Crippen LogP contribution in [0.15, 0.2) is 17.1 Å². The smallest absolute Gasteiger partial charge is 0.173 e. The summed E-state index contributed by atoms with van der Waals surface area (Å²) in [6.45, 7) is 0. The Labute approximate surface area is 72.9 Å². The van der Waals surface area contributed by atoms with Crippen LogP contribution in [0.25, 0.3) is 0 Å². The molecule has 1 aromatic rings. The molecule has 0 aromatic heterocycles. The van der Waals surface area contributed by atoms with Crippen LogP contribution in [0.4, 0.5) is 14.5 Å². The molecule has 0 amide bonds. The number of fused-ring (bicyclic) bond motifs is 1. The van der Waals surface area contributed by atoms with Crippen LogP contribution in [-0.2, 0) is 0 Å². The third-order valence-electron chi connectivity index (χ3n) is 1.85. The van der Waals surface area contributed by atoms with E-state index in [-0.39, 0.29) is 17.7 Å². The average Bonchev–Trinajstić information content (AvgIpc) is 2.12. The quantitative estimate of drug-likeness (QED) is 0.603. The lowest BCUT2D eigenvalue weighted by atomic mass is 10.0. The summed E-state index contributed by atoms with van der Waals surface area (Å²) in [6.07, 6.45) is 1.32. The Balaban J connectivity index is 2.76. The van der Waals surface area contributed by atoms with Gasteiger partial charge in [0.25, 0.3) is 0 Å². The van der Waals surface area contributed by atoms with Crippen LogP contribution in [0.1, 0.15) is 16.8 Å². The van der Waals surface area contributed by atoms with E-state index in [1.807, 2.05) is 0 Å². The van der Waals surface area contributed by atoms with Crippen molar-refractivity contribution in [3.63, 3.8) is 0 Å². The van der Waals surface area contributed by atoms with Gasteiger partial charge < -0.3 is 0 Å². The fraction of sp³-hybridized carbons (Fsp3) is 0.111. The third kappa shape index (κ3) is 1.14. The lowest BCUT2D eigenvalue weighted by Crippen LogP contribution is -2.08. The van der Waals surface area contributed by atoms with Crippen LogP contribution in [0.5, 0.6) is 0 Å². The summed E-state index contributed by atoms with van der Waals surface area (Å²) in [6, 6.07) is 1.90. The monoisotopic (exact) mass is 181 g/mol. The van der Waals surface area contributed by atoms with Gasteiger partial charge in [-0.1, -0.05) is 0 Å². The van der Waals surface area contributed by atoms with Crippen molar-refractivity contribution in [1.29, 1.82) is 0 Å². The van der Waals surface area contributed by atoms with Crippen LogP contribution in [0.3, 0.4) is 0 Å². The molecular weight excluding hydrogens is 176 g/mol. The van der Waals surface area contributed by atoms with Crippen molar-refractivity contribution in [3.8, 4) is 0 Å². The van der Waals surface area contributed by atoms with Gasteiger partial charge in [-0.05, 0) is 12.1 Å². The second kappa shape index (κ2) is 2.73. The number of halogens is 2. The van der Waals surface area contributed by atoms with Gasteiger partial charge in [0.15, 0.2) is 5.78 Å². The number of hydrogen-bond donors (Lipinski definition) is 0. The molecule has 0 unspecified atom stereocenters. The van der Waals surface area contributed by atoms with Crippen molar-refractivity contribution in [3.05, 3.63) is 29.3 Å². The fourth-order valence-corrected chi connectivity index (χ4v) is 1.25. The summed E-state index contributed by atoms with van der Waals surface area (Å²) in [4.78, 5) is 14.8. The van der Waals surface area contributed by atoms with Gasteiger partial charge in [-0.15, -0.1) is 0 Å². The standard InChI is InChI=1S/C9H5F2NO/c10-5-1-2-6(11)9-8(5)7(13)3-4-12-9/h1-2,4H,3H2. The Morgan fingerprint density at radius 2 is 1.92 bits per heavy atom. The van der Waals surface area contributed by atoms with E-state index in [2.05, 4.69) is 4.99 Å². The lowest BCUT2D eigenvalue weighted by Gasteiger charge is -2.09. The molecule has 0 saturated carbocycles. The number of ketones is 1. The number of carbonyl (C=O) groups excluding carboxylic acids is 1. The van der Waals surface area contributed by atoms with Gasteiger partial charge in [-0.3, -0.25) is 9.79 Å². The maximum Gasteiger partial charge on any atom is 0.173 e. The first-order chi connectivity index (χ1) is 6.20. The highest BCUT2D eigenvalue weighted by Gasteiger charge is 2.21. The minimum absolute atomic E-state index is 0.0351. The molecule has 0 radical (unpaired) electrons. The maximum absolute atomic E-state index is 13.0. The highest BCUT2D eigenvalue weighted by atomic mass is 19.1. The topological polar surface area (TPSA) is 29.4 Å². The normalized spacial score (nSPS) is 14.5. The zero-order valence-corrected chi connectivity index (χ0v) is 6.55. The number of benzene rings is 1. The first-order valence-electron chi connectivity index (χ1n) is 3.74. The second-order valence-corrected chi connectivity index (χ2v) is 2.69. The number of hydrogen-bond acceptors (Lipinski definition) is 2. The molecule has 0 N–H and O–H groups in total. The molecule has 1 aliphatic rings. The molecule has 0 spiro atoms. The van der Waals surface area contributed by atoms with Crippen LogP contribution in [0, 0.1) is 11.6 Å². The molecule has 0 atom stereocenters. The molecule has 66 valence electrons. The molecule has 13 heavy (non-hydrogen) atoms. The predicted molar refractivity (Wildman–Crippen MR) is 43.5 cm³/mol. The van der Waals surface area contributed by atoms with E-state index in [0.29, 0.717) is 0 Å². The molecule has 0 bridgehead atoms. The zero-order chi connectivity index (χ0) is 9.42. The molecule has 2 rings (SSSR count). The van der Waals surface area contributed by atoms with E-state index in [1.165, 1.54) is 6.21 Å². The van der Waals surface area contributed by atoms with E-state index in [0.717, 1.165) is 12.1 Å². The first-order valence-corrected chi connectivity index (χ1v) is 3.74. The highest BCUT2D eigenvalue weighted by Crippen LogP contribution is 2.29. The molecule has 1 aliphatic heterocycles. The molecular formula is C9H5F2NO. The molecule has 0 saturated heterocycles. The Morgan fingerprint density at radius 3 is 2.62 bits per heavy atom. The fourth-order valence-electron chi connectivity index (χ4n) is 1.25. The van der Waals surface area contributed by atoms with E-state index in [9.17, 15) is 13.6 Å². The van der Waals surface area contributed by atoms with Crippen LogP contribution < -0.4 is 0 Å². The maximum atomic E-state index is 13.0. The number of aliphatic imine (C=N–C) groups is 1. The van der Waals surface area contributed by atoms with Crippen molar-refractivity contribution in [2.24, 2.45) is 4.99 Å². The van der Waals surface area contributed by atoms with Gasteiger partial charge in [0.05, 0.1) is 5.56 Å². The van der Waals surface area contributed by atoms with Crippen molar-refractivity contribution >= 4 is 17.7 Å². The Morgan fingerprint density at radius 1 is 1.23 bits per heavy atom. The van der Waals surface area contributed by atoms with E-state index in [1.54, 1.807) is 0 Å². The predicted octanol–water partition coefficient (Wildman–Crippen LogP) is 2.25. The molecule has 0 fully saturated rings. The molecule has 2 nitrogen and oxygen atoms in total. The highest BCUT2D eigenvalue weighted by molar-refractivity contribution is 6.10. The molecule has 4 heteroatoms. The van der Waals surface area contributed by atoms with Crippen LogP contribution >= 0.6 is 0 Å². The van der Waals surface area contributed by atoms with E-state index in [4.69, 9.17) is 0 Å². The molecule has 0 aliphatic carbocycles. The lowest BCUT2D eigenvalue weighted by molar-refractivity contribution is 0.0996. The average molecular weight is 181 g/mol. The van der Waals surface area contributed by atoms with Gasteiger partial charge >= 0.3 is 0 Å². The minimum Gasteiger partial charge on any atom is -0.294 e. The minimum atomic E-state index is -0.710. The molecule has 1 heterocycles. The van der Waals surface area contributed by atoms with Crippen LogP contribution in [-0.4, -0.2) is 12.0 Å². The first kappa shape index (κ1) is 8.04. The SMILES string of the molecule is O=C1CC=Nc2c(F)ccc(F)c21. The van der Waals surface area contributed by atoms with Crippen molar-refractivity contribution in [2.45, 2.75) is 6.42 Å². The number of Topliss-reactive ketones (excluding diaryl/α,β-unsaturated/α-hetero) is 1. The summed E-state index contributed by atoms with van der Waals surface area (Å²) in [7, 11) is 0. The Kier molecular flexibility index (Phi) is 1.69. The summed E-state index contributed by atoms with van der Waals surface area (Å²) in [5.74, 6) is -1.80. The van der Waals surface area contributed by atoms with Gasteiger partial charge in [-0.25, -0.2) is 8.78 Å². The largest absolute Gasteiger partial charge is 0.294 e. The Bertz CT molecular complexity index is 412. The summed E-state index contributed by atoms with van der Waals surface area (Å²) < 4.78 is 26.0. The number of carbonyl (C=O) groups is 1. The van der Waals surface area contributed by atoms with Gasteiger partial charge in [0.2, 0.25) is 0 Å². The third-order valence-corrected chi connectivity index (χ3v) is 1.85. The van der Waals surface area contributed by atoms with Crippen molar-refractivity contribution < 1.29 is 13.6 Å².